The number of fused-ring (bicyclic) bond motifs is 1. The number of benzene rings is 1. The fraction of sp³-hybridized carbons (Fsp3) is 0.625. The molecule has 3 rings (SSSR count). The highest BCUT2D eigenvalue weighted by Gasteiger charge is 2.57. The quantitative estimate of drug-likeness (QED) is 0.593. The molecule has 33 heavy (non-hydrogen) atoms. The summed E-state index contributed by atoms with van der Waals surface area (Å²) in [7, 11) is -0.232. The molecule has 184 valence electrons. The summed E-state index contributed by atoms with van der Waals surface area (Å²) in [5.41, 5.74) is 0.0924. The highest BCUT2D eigenvalue weighted by atomic mass is 32.2. The Hall–Kier alpha value is -2.26. The lowest BCUT2D eigenvalue weighted by Crippen LogP contribution is -2.55. The fourth-order valence-electron chi connectivity index (χ4n) is 4.67. The zero-order valence-corrected chi connectivity index (χ0v) is 21.3. The molecule has 2 aliphatic heterocycles. The third kappa shape index (κ3) is 5.81. The minimum atomic E-state index is -3.39. The molecule has 3 atom stereocenters. The molecule has 9 heteroatoms. The van der Waals surface area contributed by atoms with Crippen LogP contribution in [0.5, 0.6) is 5.75 Å². The maximum atomic E-state index is 13.0. The summed E-state index contributed by atoms with van der Waals surface area (Å²) >= 11 is 0. The van der Waals surface area contributed by atoms with Gasteiger partial charge in [-0.25, -0.2) is 13.2 Å². The Balaban J connectivity index is 1.92. The zero-order valence-electron chi connectivity index (χ0n) is 20.5. The van der Waals surface area contributed by atoms with Crippen LogP contribution in [0.1, 0.15) is 45.7 Å². The van der Waals surface area contributed by atoms with Crippen molar-refractivity contribution >= 4 is 22.0 Å². The predicted octanol–water partition coefficient (Wildman–Crippen LogP) is 3.64. The number of methoxy groups -OCH3 is 2. The Morgan fingerprint density at radius 1 is 1.24 bits per heavy atom. The van der Waals surface area contributed by atoms with E-state index in [1.807, 2.05) is 18.2 Å². The molecule has 1 aromatic carbocycles. The summed E-state index contributed by atoms with van der Waals surface area (Å²) in [4.78, 5) is 14.5. The minimum Gasteiger partial charge on any atom is -0.504 e. The lowest BCUT2D eigenvalue weighted by atomic mass is 9.90. The molecular formula is C24H35NO7S. The van der Waals surface area contributed by atoms with E-state index in [0.717, 1.165) is 11.1 Å². The van der Waals surface area contributed by atoms with Crippen LogP contribution in [-0.4, -0.2) is 68.6 Å². The molecule has 2 fully saturated rings. The first-order valence-electron chi connectivity index (χ1n) is 11.0. The highest BCUT2D eigenvalue weighted by molar-refractivity contribution is 7.91. The van der Waals surface area contributed by atoms with E-state index in [1.165, 1.54) is 4.90 Å². The molecule has 0 aromatic heterocycles. The van der Waals surface area contributed by atoms with E-state index in [9.17, 15) is 13.2 Å². The third-order valence-corrected chi connectivity index (χ3v) is 7.62. The topological polar surface area (TPSA) is 91.4 Å². The van der Waals surface area contributed by atoms with Crippen LogP contribution >= 0.6 is 0 Å². The van der Waals surface area contributed by atoms with Crippen molar-refractivity contribution in [2.75, 3.05) is 25.7 Å². The van der Waals surface area contributed by atoms with Crippen LogP contribution in [0.3, 0.4) is 0 Å². The van der Waals surface area contributed by atoms with Crippen molar-refractivity contribution in [2.24, 2.45) is 5.92 Å². The van der Waals surface area contributed by atoms with E-state index in [2.05, 4.69) is 0 Å². The Morgan fingerprint density at radius 2 is 1.94 bits per heavy atom. The molecule has 2 heterocycles. The largest absolute Gasteiger partial charge is 0.504 e. The summed E-state index contributed by atoms with van der Waals surface area (Å²) in [6.45, 7) is 8.91. The van der Waals surface area contributed by atoms with E-state index in [0.29, 0.717) is 12.2 Å². The van der Waals surface area contributed by atoms with Crippen molar-refractivity contribution in [3.05, 3.63) is 35.6 Å². The molecule has 8 nitrogen and oxygen atoms in total. The van der Waals surface area contributed by atoms with Crippen LogP contribution in [0.4, 0.5) is 4.79 Å². The van der Waals surface area contributed by atoms with E-state index >= 15 is 0 Å². The average molecular weight is 482 g/mol. The van der Waals surface area contributed by atoms with Crippen molar-refractivity contribution < 1.29 is 32.2 Å². The first-order valence-corrected chi connectivity index (χ1v) is 12.9. The number of sulfone groups is 1. The second-order valence-electron chi connectivity index (χ2n) is 10.1. The number of amides is 1. The number of carbonyl (C=O) groups is 1. The molecule has 1 amide bonds. The van der Waals surface area contributed by atoms with Gasteiger partial charge in [-0.05, 0) is 64.8 Å². The molecule has 2 saturated heterocycles. The molecule has 0 spiro atoms. The number of ether oxygens (including phenoxy) is 4. The SMILES string of the molecule is CO/C=C\c1cc(C[C@@H]2CS(=O)(=O)C[C@H]3[C@H]2OC(C)(C)N3C(=O)OC(C)(C)C)ccc1OC. The average Bonchev–Trinajstić information content (AvgIpc) is 2.94. The van der Waals surface area contributed by atoms with Crippen LogP contribution in [0.15, 0.2) is 24.5 Å². The summed E-state index contributed by atoms with van der Waals surface area (Å²) in [6, 6.07) is 5.12. The van der Waals surface area contributed by atoms with Gasteiger partial charge in [-0.3, -0.25) is 4.90 Å². The van der Waals surface area contributed by atoms with Gasteiger partial charge in [0.1, 0.15) is 17.1 Å². The van der Waals surface area contributed by atoms with Crippen molar-refractivity contribution in [1.82, 2.24) is 4.90 Å². The zero-order chi connectivity index (χ0) is 24.6. The van der Waals surface area contributed by atoms with Gasteiger partial charge in [0.05, 0.1) is 44.1 Å². The van der Waals surface area contributed by atoms with Crippen molar-refractivity contribution in [2.45, 2.75) is 64.5 Å². The van der Waals surface area contributed by atoms with Gasteiger partial charge in [0.25, 0.3) is 0 Å². The third-order valence-electron chi connectivity index (χ3n) is 5.84. The smallest absolute Gasteiger partial charge is 0.412 e. The second-order valence-corrected chi connectivity index (χ2v) is 12.3. The van der Waals surface area contributed by atoms with Gasteiger partial charge < -0.3 is 18.9 Å². The summed E-state index contributed by atoms with van der Waals surface area (Å²) < 4.78 is 48.1. The van der Waals surface area contributed by atoms with Crippen LogP contribution in [-0.2, 0) is 30.5 Å². The lowest BCUT2D eigenvalue weighted by molar-refractivity contribution is -0.0872. The number of nitrogens with zero attached hydrogens (tertiary/aromatic N) is 1. The summed E-state index contributed by atoms with van der Waals surface area (Å²) in [6.07, 6.45) is 2.85. The number of carbonyl (C=O) groups excluding carboxylic acids is 1. The molecule has 0 radical (unpaired) electrons. The van der Waals surface area contributed by atoms with Gasteiger partial charge in [-0.15, -0.1) is 0 Å². The van der Waals surface area contributed by atoms with Crippen LogP contribution in [0.2, 0.25) is 0 Å². The lowest BCUT2D eigenvalue weighted by Gasteiger charge is -2.37. The molecule has 0 aliphatic carbocycles. The van der Waals surface area contributed by atoms with E-state index < -0.39 is 39.4 Å². The van der Waals surface area contributed by atoms with Crippen LogP contribution in [0.25, 0.3) is 6.08 Å². The number of hydrogen-bond donors (Lipinski definition) is 0. The first kappa shape index (κ1) is 25.4. The van der Waals surface area contributed by atoms with E-state index in [-0.39, 0.29) is 17.4 Å². The molecule has 1 aromatic rings. The normalized spacial score (nSPS) is 26.2. The maximum Gasteiger partial charge on any atom is 0.412 e. The van der Waals surface area contributed by atoms with Gasteiger partial charge in [-0.2, -0.15) is 0 Å². The van der Waals surface area contributed by atoms with E-state index in [4.69, 9.17) is 18.9 Å². The minimum absolute atomic E-state index is 0.00166. The Labute approximate surface area is 196 Å². The summed E-state index contributed by atoms with van der Waals surface area (Å²) in [5, 5.41) is 0. The van der Waals surface area contributed by atoms with Gasteiger partial charge in [0.15, 0.2) is 9.84 Å². The molecule has 0 bridgehead atoms. The van der Waals surface area contributed by atoms with Crippen LogP contribution in [0, 0.1) is 5.92 Å². The summed E-state index contributed by atoms with van der Waals surface area (Å²) in [5.74, 6) is 0.242. The van der Waals surface area contributed by atoms with Gasteiger partial charge in [0.2, 0.25) is 0 Å². The van der Waals surface area contributed by atoms with Crippen molar-refractivity contribution in [3.8, 4) is 5.75 Å². The fourth-order valence-corrected chi connectivity index (χ4v) is 6.63. The monoisotopic (exact) mass is 481 g/mol. The Kier molecular flexibility index (Phi) is 7.05. The molecular weight excluding hydrogens is 446 g/mol. The van der Waals surface area contributed by atoms with Crippen LogP contribution < -0.4 is 4.74 Å². The van der Waals surface area contributed by atoms with Gasteiger partial charge >= 0.3 is 6.09 Å². The predicted molar refractivity (Wildman–Crippen MR) is 126 cm³/mol. The second kappa shape index (κ2) is 9.18. The van der Waals surface area contributed by atoms with Crippen molar-refractivity contribution in [1.29, 1.82) is 0 Å². The molecule has 0 saturated carbocycles. The van der Waals surface area contributed by atoms with Crippen molar-refractivity contribution in [3.63, 3.8) is 0 Å². The van der Waals surface area contributed by atoms with E-state index in [1.54, 1.807) is 61.2 Å². The van der Waals surface area contributed by atoms with Gasteiger partial charge in [-0.1, -0.05) is 6.07 Å². The molecule has 2 aliphatic rings. The first-order chi connectivity index (χ1) is 15.3. The maximum absolute atomic E-state index is 13.0. The highest BCUT2D eigenvalue weighted by Crippen LogP contribution is 2.41. The van der Waals surface area contributed by atoms with Gasteiger partial charge in [0, 0.05) is 11.5 Å². The molecule has 0 unspecified atom stereocenters. The molecule has 0 N–H and O–H groups in total. The number of rotatable bonds is 5. The standard InChI is InChI=1S/C24H35NO7S/c1-23(2,3)32-22(26)25-19-15-33(27,28)14-18(21(19)31-24(25,4)5)13-16-8-9-20(30-7)17(12-16)10-11-29-6/h8-12,18-19,21H,13-15H2,1-7H3/b11-10-/t18-,19+,21+/m1/s1. The number of hydrogen-bond acceptors (Lipinski definition) is 7. The Morgan fingerprint density at radius 3 is 2.55 bits per heavy atom. The Bertz CT molecular complexity index is 1010.